The number of likely N-dealkylation sites (tertiary alicyclic amines) is 1. The molecule has 0 unspecified atom stereocenters. The molecule has 10 nitrogen and oxygen atoms in total. The van der Waals surface area contributed by atoms with Crippen LogP contribution >= 0.6 is 11.6 Å². The monoisotopic (exact) mass is 637 g/mol. The SMILES string of the molecule is Cc1nc(Cl)c([Si](C)(C)C)cc1C(=O)NS(=O)(=O)c1cccc(NCCC[C@@H]2CN(C(=O)OC(C)(C)C)C(C)(C)C2)n1. The number of rotatable bonds is 9. The first kappa shape index (κ1) is 33.8. The summed E-state index contributed by atoms with van der Waals surface area (Å²) in [6.07, 6.45) is 2.28. The summed E-state index contributed by atoms with van der Waals surface area (Å²) in [5.74, 6) is -0.0643. The second-order valence-electron chi connectivity index (χ2n) is 13.5. The molecule has 0 spiro atoms. The molecule has 1 aliphatic heterocycles. The Bertz CT molecular complexity index is 1440. The van der Waals surface area contributed by atoms with Crippen LogP contribution in [0.5, 0.6) is 0 Å². The van der Waals surface area contributed by atoms with Gasteiger partial charge < -0.3 is 15.0 Å². The van der Waals surface area contributed by atoms with Gasteiger partial charge in [-0.1, -0.05) is 37.3 Å². The Morgan fingerprint density at radius 1 is 1.19 bits per heavy atom. The van der Waals surface area contributed by atoms with Crippen molar-refractivity contribution in [2.75, 3.05) is 18.4 Å². The highest BCUT2D eigenvalue weighted by atomic mass is 35.5. The van der Waals surface area contributed by atoms with Crippen molar-refractivity contribution < 1.29 is 22.7 Å². The van der Waals surface area contributed by atoms with Gasteiger partial charge in [-0.15, -0.1) is 0 Å². The zero-order chi connectivity index (χ0) is 31.7. The summed E-state index contributed by atoms with van der Waals surface area (Å²) in [4.78, 5) is 36.0. The molecule has 2 N–H and O–H groups in total. The number of amides is 2. The molecule has 232 valence electrons. The smallest absolute Gasteiger partial charge is 0.410 e. The van der Waals surface area contributed by atoms with Gasteiger partial charge in [0.05, 0.1) is 19.3 Å². The van der Waals surface area contributed by atoms with Crippen molar-refractivity contribution in [3.63, 3.8) is 0 Å². The minimum absolute atomic E-state index is 0.162. The predicted molar refractivity (Wildman–Crippen MR) is 169 cm³/mol. The van der Waals surface area contributed by atoms with Crippen molar-refractivity contribution in [2.45, 2.75) is 96.6 Å². The Morgan fingerprint density at radius 2 is 1.86 bits per heavy atom. The standard InChI is InChI=1S/C29H44ClN5O5SSi/c1-19-21(16-22(25(30)32-19)42(7,8)9)26(36)34-41(38,39)24-14-10-13-23(33-24)31-15-11-12-20-17-29(5,6)35(18-20)27(37)40-28(2,3)4/h10,13-14,16,20H,11-12,15,17-18H2,1-9H3,(H,31,33)(H,34,36)/t20-/m0/s1. The number of aromatic nitrogens is 2. The topological polar surface area (TPSA) is 131 Å². The average Bonchev–Trinajstić information content (AvgIpc) is 3.14. The maximum atomic E-state index is 13.1. The van der Waals surface area contributed by atoms with E-state index in [9.17, 15) is 18.0 Å². The molecule has 42 heavy (non-hydrogen) atoms. The maximum absolute atomic E-state index is 13.1. The second-order valence-corrected chi connectivity index (χ2v) is 20.6. The third-order valence-corrected chi connectivity index (χ3v) is 10.8. The number of carbonyl (C=O) groups is 2. The molecule has 2 aromatic rings. The van der Waals surface area contributed by atoms with Crippen LogP contribution in [-0.4, -0.2) is 67.6 Å². The molecule has 3 rings (SSSR count). The molecule has 2 amide bonds. The minimum Gasteiger partial charge on any atom is -0.444 e. The summed E-state index contributed by atoms with van der Waals surface area (Å²) in [6, 6.07) is 6.24. The summed E-state index contributed by atoms with van der Waals surface area (Å²) >= 11 is 6.31. The van der Waals surface area contributed by atoms with Crippen LogP contribution in [0.3, 0.4) is 0 Å². The van der Waals surface area contributed by atoms with Gasteiger partial charge in [0.2, 0.25) is 0 Å². The van der Waals surface area contributed by atoms with E-state index < -0.39 is 29.6 Å². The summed E-state index contributed by atoms with van der Waals surface area (Å²) in [7, 11) is -6.16. The van der Waals surface area contributed by atoms with Crippen LogP contribution in [0, 0.1) is 12.8 Å². The van der Waals surface area contributed by atoms with E-state index in [1.165, 1.54) is 6.07 Å². The average molecular weight is 638 g/mol. The van der Waals surface area contributed by atoms with Gasteiger partial charge in [-0.05, 0) is 90.1 Å². The molecule has 13 heteroatoms. The summed E-state index contributed by atoms with van der Waals surface area (Å²) in [5.41, 5.74) is -0.324. The number of anilines is 1. The molecule has 2 aromatic heterocycles. The highest BCUT2D eigenvalue weighted by Gasteiger charge is 2.42. The Balaban J connectivity index is 1.59. The van der Waals surface area contributed by atoms with Crippen molar-refractivity contribution >= 4 is 52.7 Å². The molecule has 1 fully saturated rings. The maximum Gasteiger partial charge on any atom is 0.410 e. The Morgan fingerprint density at radius 3 is 2.48 bits per heavy atom. The van der Waals surface area contributed by atoms with Gasteiger partial charge in [0, 0.05) is 18.6 Å². The second kappa shape index (κ2) is 12.5. The van der Waals surface area contributed by atoms with Gasteiger partial charge in [-0.2, -0.15) is 8.42 Å². The fourth-order valence-electron chi connectivity index (χ4n) is 5.05. The zero-order valence-corrected chi connectivity index (χ0v) is 28.7. The number of aryl methyl sites for hydroxylation is 1. The molecule has 0 aromatic carbocycles. The highest BCUT2D eigenvalue weighted by Crippen LogP contribution is 2.36. The molecular weight excluding hydrogens is 594 g/mol. The lowest BCUT2D eigenvalue weighted by Gasteiger charge is -2.33. The quantitative estimate of drug-likeness (QED) is 0.214. The largest absolute Gasteiger partial charge is 0.444 e. The Kier molecular flexibility index (Phi) is 10.1. The van der Waals surface area contributed by atoms with E-state index in [1.54, 1.807) is 25.1 Å². The predicted octanol–water partition coefficient (Wildman–Crippen LogP) is 5.33. The summed E-state index contributed by atoms with van der Waals surface area (Å²) in [5, 5.41) is 4.03. The number of ether oxygens (including phenoxy) is 1. The molecule has 0 bridgehead atoms. The third-order valence-electron chi connectivity index (χ3n) is 7.11. The normalized spacial score (nSPS) is 17.2. The molecule has 3 heterocycles. The van der Waals surface area contributed by atoms with Gasteiger partial charge in [-0.3, -0.25) is 4.79 Å². The number of nitrogens with one attached hydrogen (secondary N) is 2. The minimum atomic E-state index is -4.24. The Hall–Kier alpha value is -2.70. The lowest BCUT2D eigenvalue weighted by atomic mass is 9.93. The number of halogens is 1. The van der Waals surface area contributed by atoms with E-state index in [2.05, 4.69) is 53.5 Å². The van der Waals surface area contributed by atoms with Crippen LogP contribution in [0.15, 0.2) is 29.3 Å². The Labute approximate surface area is 256 Å². The molecular formula is C29H44ClN5O5SSi. The van der Waals surface area contributed by atoms with Crippen LogP contribution in [0.4, 0.5) is 10.6 Å². The van der Waals surface area contributed by atoms with E-state index in [1.807, 2.05) is 25.7 Å². The molecule has 0 radical (unpaired) electrons. The van der Waals surface area contributed by atoms with Gasteiger partial charge in [0.15, 0.2) is 5.03 Å². The van der Waals surface area contributed by atoms with Crippen molar-refractivity contribution in [2.24, 2.45) is 5.92 Å². The first-order chi connectivity index (χ1) is 19.2. The van der Waals surface area contributed by atoms with E-state index in [0.29, 0.717) is 35.7 Å². The summed E-state index contributed by atoms with van der Waals surface area (Å²) in [6.45, 7) is 18.7. The molecule has 0 aliphatic carbocycles. The number of hydrogen-bond donors (Lipinski definition) is 2. The van der Waals surface area contributed by atoms with Crippen LogP contribution in [0.25, 0.3) is 0 Å². The van der Waals surface area contributed by atoms with Crippen LogP contribution in [0.1, 0.15) is 69.9 Å². The highest BCUT2D eigenvalue weighted by molar-refractivity contribution is 7.90. The van der Waals surface area contributed by atoms with Crippen LogP contribution in [0.2, 0.25) is 24.8 Å². The molecule has 0 saturated carbocycles. The van der Waals surface area contributed by atoms with E-state index in [4.69, 9.17) is 16.3 Å². The van der Waals surface area contributed by atoms with Gasteiger partial charge >= 0.3 is 6.09 Å². The van der Waals surface area contributed by atoms with Crippen molar-refractivity contribution in [3.05, 3.63) is 40.7 Å². The molecule has 1 aliphatic rings. The van der Waals surface area contributed by atoms with E-state index in [-0.39, 0.29) is 22.2 Å². The van der Waals surface area contributed by atoms with Crippen LogP contribution < -0.4 is 15.2 Å². The van der Waals surface area contributed by atoms with Gasteiger partial charge in [0.1, 0.15) is 16.6 Å². The lowest BCUT2D eigenvalue weighted by Crippen LogP contribution is -2.45. The van der Waals surface area contributed by atoms with Crippen LogP contribution in [-0.2, 0) is 14.8 Å². The van der Waals surface area contributed by atoms with Gasteiger partial charge in [0.25, 0.3) is 15.9 Å². The third kappa shape index (κ3) is 8.67. The number of sulfonamides is 1. The van der Waals surface area contributed by atoms with Crippen molar-refractivity contribution in [1.82, 2.24) is 19.6 Å². The first-order valence-electron chi connectivity index (χ1n) is 14.2. The number of nitrogens with zero attached hydrogens (tertiary/aromatic N) is 3. The van der Waals surface area contributed by atoms with Crippen molar-refractivity contribution in [1.29, 1.82) is 0 Å². The number of carbonyl (C=O) groups excluding carboxylic acids is 2. The fraction of sp³-hybridized carbons (Fsp3) is 0.586. The lowest BCUT2D eigenvalue weighted by molar-refractivity contribution is 0.0130. The number of pyridine rings is 2. The molecule has 1 saturated heterocycles. The number of hydrogen-bond acceptors (Lipinski definition) is 8. The molecule has 1 atom stereocenters. The van der Waals surface area contributed by atoms with Gasteiger partial charge in [-0.25, -0.2) is 19.5 Å². The zero-order valence-electron chi connectivity index (χ0n) is 26.1. The fourth-order valence-corrected chi connectivity index (χ4v) is 8.27. The van der Waals surface area contributed by atoms with E-state index >= 15 is 0 Å². The van der Waals surface area contributed by atoms with E-state index in [0.717, 1.165) is 24.4 Å². The first-order valence-corrected chi connectivity index (χ1v) is 19.5. The summed E-state index contributed by atoms with van der Waals surface area (Å²) < 4.78 is 33.8. The van der Waals surface area contributed by atoms with Crippen molar-refractivity contribution in [3.8, 4) is 0 Å².